The molecule has 4 nitrogen and oxygen atoms in total. The molecule has 0 rings (SSSR count). The van der Waals surface area contributed by atoms with Crippen LogP contribution in [-0.4, -0.2) is 40.4 Å². The summed E-state index contributed by atoms with van der Waals surface area (Å²) in [6.07, 6.45) is 7.95. The third kappa shape index (κ3) is 12.6. The van der Waals surface area contributed by atoms with Crippen LogP contribution in [0.2, 0.25) is 0 Å². The molecule has 0 fully saturated rings. The summed E-state index contributed by atoms with van der Waals surface area (Å²) in [4.78, 5) is 0. The Morgan fingerprint density at radius 2 is 1.37 bits per heavy atom. The highest BCUT2D eigenvalue weighted by atomic mass is 16.6. The van der Waals surface area contributed by atoms with Gasteiger partial charge in [-0.1, -0.05) is 58.3 Å². The Kier molecular flexibility index (Phi) is 12.7. The molecule has 19 heavy (non-hydrogen) atoms. The maximum absolute atomic E-state index is 9.63. The van der Waals surface area contributed by atoms with E-state index in [1.54, 1.807) is 0 Å². The Hall–Kier alpha value is -0.160. The molecule has 0 aromatic heterocycles. The van der Waals surface area contributed by atoms with Crippen LogP contribution in [0.1, 0.15) is 71.6 Å². The van der Waals surface area contributed by atoms with E-state index in [1.807, 2.05) is 0 Å². The summed E-state index contributed by atoms with van der Waals surface area (Å²) < 4.78 is 4.94. The second kappa shape index (κ2) is 12.9. The van der Waals surface area contributed by atoms with Crippen LogP contribution < -0.4 is 0 Å². The summed E-state index contributed by atoms with van der Waals surface area (Å²) in [5, 5.41) is 27.9. The van der Waals surface area contributed by atoms with Gasteiger partial charge in [-0.25, -0.2) is 0 Å². The number of hydrogen-bond donors (Lipinski definition) is 3. The zero-order valence-electron chi connectivity index (χ0n) is 12.6. The van der Waals surface area contributed by atoms with Gasteiger partial charge in [0.25, 0.3) is 0 Å². The topological polar surface area (TPSA) is 69.9 Å². The lowest BCUT2D eigenvalue weighted by Crippen LogP contribution is -2.29. The van der Waals surface area contributed by atoms with Crippen LogP contribution in [0.15, 0.2) is 0 Å². The zero-order chi connectivity index (χ0) is 14.5. The Balaban J connectivity index is 3.27. The van der Waals surface area contributed by atoms with E-state index in [1.165, 1.54) is 45.4 Å². The van der Waals surface area contributed by atoms with Crippen molar-refractivity contribution < 1.29 is 20.1 Å². The summed E-state index contributed by atoms with van der Waals surface area (Å²) in [7, 11) is 0. The second-order valence-electron chi connectivity index (χ2n) is 5.38. The van der Waals surface area contributed by atoms with E-state index in [2.05, 4.69) is 6.92 Å². The van der Waals surface area contributed by atoms with E-state index in [0.29, 0.717) is 6.42 Å². The lowest BCUT2D eigenvalue weighted by molar-refractivity contribution is -0.170. The maximum atomic E-state index is 9.63. The lowest BCUT2D eigenvalue weighted by atomic mass is 10.1. The highest BCUT2D eigenvalue weighted by Gasteiger charge is 2.13. The molecule has 0 heterocycles. The van der Waals surface area contributed by atoms with Crippen LogP contribution in [0, 0.1) is 0 Å². The number of aliphatic hydroxyl groups is 3. The van der Waals surface area contributed by atoms with Crippen LogP contribution in [0.5, 0.6) is 0 Å². The van der Waals surface area contributed by atoms with Crippen LogP contribution in [-0.2, 0) is 4.74 Å². The Labute approximate surface area is 117 Å². The Bertz CT molecular complexity index is 185. The molecule has 0 aromatic rings. The first kappa shape index (κ1) is 18.8. The highest BCUT2D eigenvalue weighted by Crippen LogP contribution is 2.11. The Morgan fingerprint density at radius 1 is 0.842 bits per heavy atom. The smallest absolute Gasteiger partial charge is 0.180 e. The Morgan fingerprint density at radius 3 is 1.89 bits per heavy atom. The van der Waals surface area contributed by atoms with Gasteiger partial charge in [-0.3, -0.25) is 0 Å². The van der Waals surface area contributed by atoms with E-state index in [-0.39, 0.29) is 6.61 Å². The van der Waals surface area contributed by atoms with Gasteiger partial charge in [0.15, 0.2) is 6.29 Å². The molecule has 3 atom stereocenters. The number of hydrogen-bond acceptors (Lipinski definition) is 4. The molecule has 0 spiro atoms. The van der Waals surface area contributed by atoms with Crippen molar-refractivity contribution in [2.45, 2.75) is 90.1 Å². The van der Waals surface area contributed by atoms with Gasteiger partial charge >= 0.3 is 0 Å². The zero-order valence-corrected chi connectivity index (χ0v) is 12.6. The average Bonchev–Trinajstić information content (AvgIpc) is 2.38. The van der Waals surface area contributed by atoms with Crippen LogP contribution in [0.3, 0.4) is 0 Å². The van der Waals surface area contributed by atoms with Crippen LogP contribution >= 0.6 is 0 Å². The van der Waals surface area contributed by atoms with Gasteiger partial charge < -0.3 is 20.1 Å². The molecule has 116 valence electrons. The van der Waals surface area contributed by atoms with Crippen molar-refractivity contribution in [2.24, 2.45) is 0 Å². The third-order valence-corrected chi connectivity index (χ3v) is 3.26. The van der Waals surface area contributed by atoms with Crippen molar-refractivity contribution in [1.29, 1.82) is 0 Å². The molecular weight excluding hydrogens is 244 g/mol. The molecule has 0 saturated carbocycles. The van der Waals surface area contributed by atoms with Gasteiger partial charge in [0, 0.05) is 0 Å². The predicted molar refractivity (Wildman–Crippen MR) is 76.9 cm³/mol. The van der Waals surface area contributed by atoms with E-state index in [9.17, 15) is 10.2 Å². The maximum Gasteiger partial charge on any atom is 0.180 e. The first-order valence-corrected chi connectivity index (χ1v) is 7.73. The fourth-order valence-corrected chi connectivity index (χ4v) is 1.95. The van der Waals surface area contributed by atoms with Gasteiger partial charge in [0.2, 0.25) is 0 Å². The van der Waals surface area contributed by atoms with Crippen LogP contribution in [0.4, 0.5) is 0 Å². The van der Waals surface area contributed by atoms with Gasteiger partial charge in [0.1, 0.15) is 6.10 Å². The van der Waals surface area contributed by atoms with E-state index >= 15 is 0 Å². The minimum Gasteiger partial charge on any atom is -0.391 e. The van der Waals surface area contributed by atoms with Crippen molar-refractivity contribution in [1.82, 2.24) is 0 Å². The predicted octanol–water partition coefficient (Wildman–Crippen LogP) is 2.59. The average molecular weight is 276 g/mol. The largest absolute Gasteiger partial charge is 0.391 e. The fourth-order valence-electron chi connectivity index (χ4n) is 1.95. The minimum atomic E-state index is -1.20. The lowest BCUT2D eigenvalue weighted by Gasteiger charge is -2.17. The number of ether oxygens (including phenoxy) is 1. The molecule has 3 N–H and O–H groups in total. The summed E-state index contributed by atoms with van der Waals surface area (Å²) in [6.45, 7) is 3.76. The van der Waals surface area contributed by atoms with Crippen molar-refractivity contribution in [3.8, 4) is 0 Å². The first-order valence-electron chi connectivity index (χ1n) is 7.73. The summed E-state index contributed by atoms with van der Waals surface area (Å²) in [5.41, 5.74) is 0. The number of unbranched alkanes of at least 4 members (excludes halogenated alkanes) is 7. The molecule has 0 bridgehead atoms. The molecule has 4 heteroatoms. The quantitative estimate of drug-likeness (QED) is 0.357. The number of aliphatic hydroxyl groups excluding tert-OH is 3. The van der Waals surface area contributed by atoms with Crippen molar-refractivity contribution in [3.05, 3.63) is 0 Å². The second-order valence-corrected chi connectivity index (χ2v) is 5.38. The van der Waals surface area contributed by atoms with Gasteiger partial charge in [-0.05, 0) is 13.3 Å². The molecule has 0 saturated heterocycles. The number of rotatable bonds is 13. The normalized spacial score (nSPS) is 16.3. The monoisotopic (exact) mass is 276 g/mol. The molecule has 0 amide bonds. The van der Waals surface area contributed by atoms with E-state index in [4.69, 9.17) is 9.84 Å². The molecule has 0 radical (unpaired) electrons. The third-order valence-electron chi connectivity index (χ3n) is 3.26. The fraction of sp³-hybridized carbons (Fsp3) is 1.00. The molecule has 0 aliphatic carbocycles. The van der Waals surface area contributed by atoms with Gasteiger partial charge in [-0.2, -0.15) is 0 Å². The highest BCUT2D eigenvalue weighted by molar-refractivity contribution is 4.57. The first-order chi connectivity index (χ1) is 9.07. The van der Waals surface area contributed by atoms with Crippen LogP contribution in [0.25, 0.3) is 0 Å². The van der Waals surface area contributed by atoms with E-state index in [0.717, 1.165) is 12.8 Å². The SMILES string of the molecule is CCCCCCCCCCC(O)COC(O)C(C)O. The van der Waals surface area contributed by atoms with Crippen molar-refractivity contribution >= 4 is 0 Å². The molecule has 0 aliphatic heterocycles. The van der Waals surface area contributed by atoms with Gasteiger partial charge in [-0.15, -0.1) is 0 Å². The molecule has 3 unspecified atom stereocenters. The minimum absolute atomic E-state index is 0.0859. The standard InChI is InChI=1S/C15H32O4/c1-3-4-5-6-7-8-9-10-11-14(17)12-19-15(18)13(2)16/h13-18H,3-12H2,1-2H3. The van der Waals surface area contributed by atoms with Crippen molar-refractivity contribution in [3.63, 3.8) is 0 Å². The van der Waals surface area contributed by atoms with Crippen molar-refractivity contribution in [2.75, 3.05) is 6.61 Å². The molecular formula is C15H32O4. The summed E-state index contributed by atoms with van der Waals surface area (Å²) in [5.74, 6) is 0. The van der Waals surface area contributed by atoms with E-state index < -0.39 is 18.5 Å². The molecule has 0 aliphatic rings. The van der Waals surface area contributed by atoms with Gasteiger partial charge in [0.05, 0.1) is 12.7 Å². The molecule has 0 aromatic carbocycles. The summed E-state index contributed by atoms with van der Waals surface area (Å²) >= 11 is 0. The summed E-state index contributed by atoms with van der Waals surface area (Å²) in [6, 6.07) is 0.